The zero-order valence-electron chi connectivity index (χ0n) is 6.78. The number of hydrogen-bond acceptors (Lipinski definition) is 1. The van der Waals surface area contributed by atoms with Crippen LogP contribution in [-0.4, -0.2) is 6.18 Å². The van der Waals surface area contributed by atoms with Crippen molar-refractivity contribution < 1.29 is 13.2 Å². The minimum absolute atomic E-state index is 0.0584. The Morgan fingerprint density at radius 2 is 1.86 bits per heavy atom. The fourth-order valence-electron chi connectivity index (χ4n) is 0.944. The Kier molecular flexibility index (Phi) is 3.44. The molecule has 0 saturated heterocycles. The van der Waals surface area contributed by atoms with Gasteiger partial charge in [0.15, 0.2) is 0 Å². The fraction of sp³-hybridized carbons (Fsp3) is 0.250. The lowest BCUT2D eigenvalue weighted by atomic mass is 10.1. The first kappa shape index (κ1) is 11.8. The summed E-state index contributed by atoms with van der Waals surface area (Å²) in [5.41, 5.74) is 4.95. The molecule has 1 aromatic carbocycles. The molecule has 14 heavy (non-hydrogen) atoms. The van der Waals surface area contributed by atoms with Gasteiger partial charge in [-0.15, -0.1) is 0 Å². The number of benzene rings is 1. The molecule has 0 saturated carbocycles. The predicted octanol–water partition coefficient (Wildman–Crippen LogP) is 3.66. The lowest BCUT2D eigenvalue weighted by molar-refractivity contribution is -0.149. The smallest absolute Gasteiger partial charge is 0.316 e. The summed E-state index contributed by atoms with van der Waals surface area (Å²) in [5, 5.41) is 0.217. The van der Waals surface area contributed by atoms with Gasteiger partial charge >= 0.3 is 6.18 Å². The fourth-order valence-corrected chi connectivity index (χ4v) is 1.83. The van der Waals surface area contributed by atoms with Crippen LogP contribution in [0.3, 0.4) is 0 Å². The number of alkyl halides is 3. The molecule has 0 aromatic heterocycles. The maximum atomic E-state index is 12.2. The second-order valence-corrected chi connectivity index (χ2v) is 4.07. The maximum absolute atomic E-state index is 12.2. The van der Waals surface area contributed by atoms with Gasteiger partial charge in [-0.3, -0.25) is 0 Å². The first-order valence-corrected chi connectivity index (χ1v) is 4.76. The molecule has 0 heterocycles. The van der Waals surface area contributed by atoms with Crippen LogP contribution in [0.1, 0.15) is 11.6 Å². The number of hydrogen-bond donors (Lipinski definition) is 1. The molecule has 78 valence electrons. The van der Waals surface area contributed by atoms with Crippen LogP contribution in [0.25, 0.3) is 0 Å². The van der Waals surface area contributed by atoms with E-state index in [1.807, 2.05) is 0 Å². The number of nitrogens with two attached hydrogens (primary N) is 1. The molecule has 1 unspecified atom stereocenters. The maximum Gasteiger partial charge on any atom is 0.407 e. The molecular formula is C8H6BrClF3N. The van der Waals surface area contributed by atoms with Crippen LogP contribution >= 0.6 is 27.5 Å². The van der Waals surface area contributed by atoms with Crippen molar-refractivity contribution in [3.8, 4) is 0 Å². The summed E-state index contributed by atoms with van der Waals surface area (Å²) in [6.07, 6.45) is -4.45. The molecular weight excluding hydrogens is 282 g/mol. The highest BCUT2D eigenvalue weighted by atomic mass is 79.9. The standard InChI is InChI=1S/C8H6BrClF3N/c9-5-1-4(2-6(10)3-5)7(14)8(11,12)13/h1-3,7H,14H2. The molecule has 2 N–H and O–H groups in total. The molecule has 1 aromatic rings. The van der Waals surface area contributed by atoms with Gasteiger partial charge in [0.05, 0.1) is 0 Å². The highest BCUT2D eigenvalue weighted by Crippen LogP contribution is 2.33. The second kappa shape index (κ2) is 4.08. The first-order chi connectivity index (χ1) is 6.30. The Morgan fingerprint density at radius 1 is 1.29 bits per heavy atom. The van der Waals surface area contributed by atoms with Crippen molar-refractivity contribution in [1.82, 2.24) is 0 Å². The Hall–Kier alpha value is -0.260. The minimum Gasteiger partial charge on any atom is -0.316 e. The quantitative estimate of drug-likeness (QED) is 0.838. The van der Waals surface area contributed by atoms with Gasteiger partial charge in [0.25, 0.3) is 0 Å². The zero-order chi connectivity index (χ0) is 10.9. The van der Waals surface area contributed by atoms with Gasteiger partial charge in [0, 0.05) is 9.50 Å². The number of halogens is 5. The Morgan fingerprint density at radius 3 is 2.29 bits per heavy atom. The highest BCUT2D eigenvalue weighted by molar-refractivity contribution is 9.10. The van der Waals surface area contributed by atoms with Crippen LogP contribution in [0.5, 0.6) is 0 Å². The molecule has 0 amide bonds. The normalized spacial score (nSPS) is 14.1. The van der Waals surface area contributed by atoms with E-state index in [-0.39, 0.29) is 10.6 Å². The molecule has 0 fully saturated rings. The van der Waals surface area contributed by atoms with E-state index >= 15 is 0 Å². The second-order valence-electron chi connectivity index (χ2n) is 2.72. The average Bonchev–Trinajstić information content (AvgIpc) is 1.99. The summed E-state index contributed by atoms with van der Waals surface area (Å²) < 4.78 is 37.1. The van der Waals surface area contributed by atoms with Gasteiger partial charge in [-0.1, -0.05) is 27.5 Å². The van der Waals surface area contributed by atoms with Gasteiger partial charge in [-0.05, 0) is 23.8 Å². The van der Waals surface area contributed by atoms with E-state index in [1.165, 1.54) is 18.2 Å². The lowest BCUT2D eigenvalue weighted by Gasteiger charge is -2.16. The van der Waals surface area contributed by atoms with E-state index in [0.717, 1.165) is 0 Å². The van der Waals surface area contributed by atoms with E-state index in [9.17, 15) is 13.2 Å². The summed E-state index contributed by atoms with van der Waals surface area (Å²) in [4.78, 5) is 0. The third-order valence-corrected chi connectivity index (χ3v) is 2.27. The minimum atomic E-state index is -4.45. The van der Waals surface area contributed by atoms with Crippen molar-refractivity contribution in [3.05, 3.63) is 33.3 Å². The molecule has 0 aliphatic rings. The van der Waals surface area contributed by atoms with Crippen LogP contribution in [0, 0.1) is 0 Å². The van der Waals surface area contributed by atoms with Crippen LogP contribution < -0.4 is 5.73 Å². The van der Waals surface area contributed by atoms with Crippen LogP contribution in [0.2, 0.25) is 5.02 Å². The van der Waals surface area contributed by atoms with Crippen molar-refractivity contribution in [1.29, 1.82) is 0 Å². The summed E-state index contributed by atoms with van der Waals surface area (Å²) in [7, 11) is 0. The van der Waals surface area contributed by atoms with E-state index in [4.69, 9.17) is 17.3 Å². The predicted molar refractivity (Wildman–Crippen MR) is 52.1 cm³/mol. The summed E-state index contributed by atoms with van der Waals surface area (Å²) >= 11 is 8.63. The van der Waals surface area contributed by atoms with Gasteiger partial charge in [0.2, 0.25) is 0 Å². The van der Waals surface area contributed by atoms with Crippen molar-refractivity contribution in [2.45, 2.75) is 12.2 Å². The van der Waals surface area contributed by atoms with Crippen molar-refractivity contribution in [2.75, 3.05) is 0 Å². The van der Waals surface area contributed by atoms with E-state index < -0.39 is 12.2 Å². The molecule has 0 radical (unpaired) electrons. The van der Waals surface area contributed by atoms with Crippen molar-refractivity contribution in [2.24, 2.45) is 5.73 Å². The van der Waals surface area contributed by atoms with Gasteiger partial charge in [0.1, 0.15) is 6.04 Å². The highest BCUT2D eigenvalue weighted by Gasteiger charge is 2.37. The first-order valence-electron chi connectivity index (χ1n) is 3.59. The Labute approximate surface area is 92.2 Å². The van der Waals surface area contributed by atoms with Crippen molar-refractivity contribution >= 4 is 27.5 Å². The largest absolute Gasteiger partial charge is 0.407 e. The molecule has 1 atom stereocenters. The van der Waals surface area contributed by atoms with Crippen LogP contribution in [0.4, 0.5) is 13.2 Å². The van der Waals surface area contributed by atoms with Gasteiger partial charge in [-0.25, -0.2) is 0 Å². The third kappa shape index (κ3) is 2.87. The molecule has 0 aliphatic carbocycles. The van der Waals surface area contributed by atoms with E-state index in [0.29, 0.717) is 4.47 Å². The SMILES string of the molecule is NC(c1cc(Cl)cc(Br)c1)C(F)(F)F. The monoisotopic (exact) mass is 287 g/mol. The number of rotatable bonds is 1. The Bertz CT molecular complexity index is 320. The molecule has 0 bridgehead atoms. The molecule has 1 nitrogen and oxygen atoms in total. The van der Waals surface area contributed by atoms with Gasteiger partial charge in [-0.2, -0.15) is 13.2 Å². The van der Waals surface area contributed by atoms with Gasteiger partial charge < -0.3 is 5.73 Å². The zero-order valence-corrected chi connectivity index (χ0v) is 9.12. The summed E-state index contributed by atoms with van der Waals surface area (Å²) in [6.45, 7) is 0. The van der Waals surface area contributed by atoms with E-state index in [1.54, 1.807) is 0 Å². The molecule has 6 heteroatoms. The van der Waals surface area contributed by atoms with E-state index in [2.05, 4.69) is 15.9 Å². The lowest BCUT2D eigenvalue weighted by Crippen LogP contribution is -2.28. The molecule has 1 rings (SSSR count). The average molecular weight is 288 g/mol. The van der Waals surface area contributed by atoms with Crippen LogP contribution in [-0.2, 0) is 0 Å². The molecule has 0 spiro atoms. The van der Waals surface area contributed by atoms with Crippen molar-refractivity contribution in [3.63, 3.8) is 0 Å². The Balaban J connectivity index is 3.07. The summed E-state index contributed by atoms with van der Waals surface area (Å²) in [5.74, 6) is 0. The van der Waals surface area contributed by atoms with Crippen LogP contribution in [0.15, 0.2) is 22.7 Å². The third-order valence-electron chi connectivity index (χ3n) is 1.60. The summed E-state index contributed by atoms with van der Waals surface area (Å²) in [6, 6.07) is 1.99. The topological polar surface area (TPSA) is 26.0 Å². The molecule has 0 aliphatic heterocycles.